The van der Waals surface area contributed by atoms with Crippen LogP contribution in [0.15, 0.2) is 57.9 Å². The lowest BCUT2D eigenvalue weighted by molar-refractivity contribution is -0.141. The minimum absolute atomic E-state index is 0.0168. The Bertz CT molecular complexity index is 1260. The van der Waals surface area contributed by atoms with Crippen LogP contribution in [0.1, 0.15) is 35.9 Å². The number of fused-ring (bicyclic) bond motifs is 2. The molecule has 154 valence electrons. The summed E-state index contributed by atoms with van der Waals surface area (Å²) in [5.41, 5.74) is 2.71. The molecular weight excluding hydrogens is 400 g/mol. The van der Waals surface area contributed by atoms with Gasteiger partial charge in [-0.05, 0) is 42.7 Å². The number of ether oxygens (including phenoxy) is 1. The highest BCUT2D eigenvalue weighted by Gasteiger charge is 2.15. The molecule has 2 aromatic heterocycles. The number of para-hydroxylation sites is 1. The summed E-state index contributed by atoms with van der Waals surface area (Å²) in [4.78, 5) is 29.5. The lowest BCUT2D eigenvalue weighted by Gasteiger charge is -2.04. The molecule has 0 saturated heterocycles. The number of hydrogen-bond acceptors (Lipinski definition) is 5. The summed E-state index contributed by atoms with van der Waals surface area (Å²) in [6, 6.07) is 15.2. The molecule has 0 atom stereocenters. The minimum atomic E-state index is -0.484. The molecule has 30 heavy (non-hydrogen) atoms. The fourth-order valence-electron chi connectivity index (χ4n) is 3.32. The molecule has 0 spiro atoms. The second-order valence-corrected chi connectivity index (χ2v) is 8.03. The van der Waals surface area contributed by atoms with Gasteiger partial charge in [-0.25, -0.2) is 0 Å². The zero-order valence-corrected chi connectivity index (χ0v) is 17.7. The summed E-state index contributed by atoms with van der Waals surface area (Å²) < 4.78 is 13.2. The van der Waals surface area contributed by atoms with Gasteiger partial charge in [-0.15, -0.1) is 0 Å². The van der Waals surface area contributed by atoms with Crippen LogP contribution in [0.4, 0.5) is 0 Å². The monoisotopic (exact) mass is 422 g/mol. The van der Waals surface area contributed by atoms with Crippen LogP contribution in [0, 0.1) is 0 Å². The molecule has 0 radical (unpaired) electrons. The van der Waals surface area contributed by atoms with Crippen LogP contribution in [-0.4, -0.2) is 23.6 Å². The molecule has 0 saturated carbocycles. The number of carbonyl (C=O) groups is 2. The van der Waals surface area contributed by atoms with E-state index in [1.54, 1.807) is 16.7 Å². The largest absolute Gasteiger partial charge is 0.468 e. The highest BCUT2D eigenvalue weighted by molar-refractivity contribution is 7.16. The molecule has 2 heterocycles. The van der Waals surface area contributed by atoms with Gasteiger partial charge in [0.25, 0.3) is 0 Å². The number of nitrogens with zero attached hydrogens (tertiary/aromatic N) is 2. The Morgan fingerprint density at radius 1 is 1.17 bits per heavy atom. The Kier molecular flexibility index (Phi) is 5.81. The first kappa shape index (κ1) is 20.1. The molecular formula is C23H22N2O4S. The van der Waals surface area contributed by atoms with E-state index in [1.165, 1.54) is 24.0 Å². The first-order valence-electron chi connectivity index (χ1n) is 9.85. The third-order valence-electron chi connectivity index (χ3n) is 4.91. The lowest BCUT2D eigenvalue weighted by Crippen LogP contribution is -2.22. The van der Waals surface area contributed by atoms with Gasteiger partial charge < -0.3 is 13.7 Å². The summed E-state index contributed by atoms with van der Waals surface area (Å²) >= 11 is 1.38. The Labute approximate surface area is 177 Å². The average Bonchev–Trinajstić information content (AvgIpc) is 3.33. The molecule has 0 fully saturated rings. The number of amides is 1. The molecule has 0 bridgehead atoms. The van der Waals surface area contributed by atoms with Gasteiger partial charge in [0.1, 0.15) is 12.1 Å². The fourth-order valence-corrected chi connectivity index (χ4v) is 4.41. The summed E-state index contributed by atoms with van der Waals surface area (Å²) in [6.45, 7) is 2.14. The molecule has 4 rings (SSSR count). The number of esters is 1. The number of furan rings is 1. The van der Waals surface area contributed by atoms with E-state index in [1.807, 2.05) is 24.3 Å². The zero-order chi connectivity index (χ0) is 21.1. The van der Waals surface area contributed by atoms with E-state index < -0.39 is 11.9 Å². The Balaban J connectivity index is 1.79. The first-order valence-corrected chi connectivity index (χ1v) is 10.7. The molecule has 4 aromatic rings. The number of aromatic nitrogens is 1. The van der Waals surface area contributed by atoms with E-state index in [0.717, 1.165) is 34.9 Å². The summed E-state index contributed by atoms with van der Waals surface area (Å²) in [5, 5.41) is 0.843. The van der Waals surface area contributed by atoms with Gasteiger partial charge in [0.15, 0.2) is 10.6 Å². The van der Waals surface area contributed by atoms with Gasteiger partial charge in [0.05, 0.1) is 17.3 Å². The van der Waals surface area contributed by atoms with Crippen molar-refractivity contribution in [2.75, 3.05) is 7.11 Å². The number of hydrogen-bond donors (Lipinski definition) is 0. The Hall–Kier alpha value is -3.19. The number of aryl methyl sites for hydroxylation is 1. The van der Waals surface area contributed by atoms with Gasteiger partial charge in [-0.2, -0.15) is 4.99 Å². The van der Waals surface area contributed by atoms with Crippen LogP contribution >= 0.6 is 11.3 Å². The van der Waals surface area contributed by atoms with Crippen molar-refractivity contribution >= 4 is 44.4 Å². The summed E-state index contributed by atoms with van der Waals surface area (Å²) in [7, 11) is 1.34. The molecule has 0 N–H and O–H groups in total. The number of methoxy groups -OCH3 is 1. The van der Waals surface area contributed by atoms with Gasteiger partial charge >= 0.3 is 11.9 Å². The number of thiazole rings is 1. The minimum Gasteiger partial charge on any atom is -0.468 e. The van der Waals surface area contributed by atoms with E-state index in [0.29, 0.717) is 10.4 Å². The molecule has 7 heteroatoms. The van der Waals surface area contributed by atoms with Crippen LogP contribution < -0.4 is 4.80 Å². The van der Waals surface area contributed by atoms with E-state index in [4.69, 9.17) is 9.15 Å². The molecule has 0 aliphatic heterocycles. The SMILES string of the molecule is CCCCc1ccc2c(c1)sc(=NC(=O)c1cc3ccccc3o1)n2CC(=O)OC. The van der Waals surface area contributed by atoms with Crippen molar-refractivity contribution in [1.82, 2.24) is 4.57 Å². The molecule has 0 unspecified atom stereocenters. The normalized spacial score (nSPS) is 12.0. The van der Waals surface area contributed by atoms with Gasteiger partial charge in [0, 0.05) is 5.39 Å². The Morgan fingerprint density at radius 3 is 2.77 bits per heavy atom. The number of unbranched alkanes of at least 4 members (excludes halogenated alkanes) is 1. The van der Waals surface area contributed by atoms with E-state index in [-0.39, 0.29) is 12.3 Å². The maximum Gasteiger partial charge on any atom is 0.325 e. The third kappa shape index (κ3) is 4.07. The van der Waals surface area contributed by atoms with Gasteiger partial charge in [-0.1, -0.05) is 48.9 Å². The van der Waals surface area contributed by atoms with Crippen LogP contribution in [-0.2, 0) is 22.5 Å². The van der Waals surface area contributed by atoms with Crippen molar-refractivity contribution in [2.45, 2.75) is 32.7 Å². The summed E-state index contributed by atoms with van der Waals surface area (Å²) in [6.07, 6.45) is 3.23. The van der Waals surface area contributed by atoms with Crippen LogP contribution in [0.3, 0.4) is 0 Å². The van der Waals surface area contributed by atoms with Crippen LogP contribution in [0.5, 0.6) is 0 Å². The topological polar surface area (TPSA) is 73.8 Å². The summed E-state index contributed by atoms with van der Waals surface area (Å²) in [5.74, 6) is -0.716. The molecule has 0 aliphatic rings. The lowest BCUT2D eigenvalue weighted by atomic mass is 10.1. The van der Waals surface area contributed by atoms with Crippen molar-refractivity contribution in [3.05, 3.63) is 64.7 Å². The predicted octanol–water partition coefficient (Wildman–Crippen LogP) is 4.71. The van der Waals surface area contributed by atoms with E-state index in [9.17, 15) is 9.59 Å². The molecule has 1 amide bonds. The average molecular weight is 423 g/mol. The third-order valence-corrected chi connectivity index (χ3v) is 5.96. The first-order chi connectivity index (χ1) is 14.6. The second kappa shape index (κ2) is 8.67. The zero-order valence-electron chi connectivity index (χ0n) is 16.9. The molecule has 2 aromatic carbocycles. The maximum atomic E-state index is 12.8. The molecule has 6 nitrogen and oxygen atoms in total. The van der Waals surface area contributed by atoms with Crippen LogP contribution in [0.25, 0.3) is 21.2 Å². The quantitative estimate of drug-likeness (QED) is 0.422. The highest BCUT2D eigenvalue weighted by atomic mass is 32.1. The maximum absolute atomic E-state index is 12.8. The molecule has 0 aliphatic carbocycles. The highest BCUT2D eigenvalue weighted by Crippen LogP contribution is 2.22. The van der Waals surface area contributed by atoms with Crippen molar-refractivity contribution in [1.29, 1.82) is 0 Å². The van der Waals surface area contributed by atoms with Crippen molar-refractivity contribution in [2.24, 2.45) is 4.99 Å². The number of rotatable bonds is 6. The van der Waals surface area contributed by atoms with Crippen molar-refractivity contribution in [3.8, 4) is 0 Å². The standard InChI is InChI=1S/C23H22N2O4S/c1-3-4-7-15-10-11-17-20(12-15)30-23(25(17)14-21(26)28-2)24-22(27)19-13-16-8-5-6-9-18(16)29-19/h5-6,8-13H,3-4,7,14H2,1-2H3. The number of benzene rings is 2. The van der Waals surface area contributed by atoms with E-state index >= 15 is 0 Å². The van der Waals surface area contributed by atoms with Crippen LogP contribution in [0.2, 0.25) is 0 Å². The van der Waals surface area contributed by atoms with Gasteiger partial charge in [-0.3, -0.25) is 9.59 Å². The fraction of sp³-hybridized carbons (Fsp3) is 0.261. The van der Waals surface area contributed by atoms with Crippen molar-refractivity contribution in [3.63, 3.8) is 0 Å². The number of carbonyl (C=O) groups excluding carboxylic acids is 2. The van der Waals surface area contributed by atoms with Crippen molar-refractivity contribution < 1.29 is 18.7 Å². The van der Waals surface area contributed by atoms with E-state index in [2.05, 4.69) is 24.0 Å². The Morgan fingerprint density at radius 2 is 2.00 bits per heavy atom. The predicted molar refractivity (Wildman–Crippen MR) is 117 cm³/mol. The second-order valence-electron chi connectivity index (χ2n) is 7.02. The van der Waals surface area contributed by atoms with Gasteiger partial charge in [0.2, 0.25) is 0 Å². The smallest absolute Gasteiger partial charge is 0.325 e.